The minimum Gasteiger partial charge on any atom is -0.490 e. The molecule has 0 aromatic heterocycles. The Kier molecular flexibility index (Phi) is 7.06. The van der Waals surface area contributed by atoms with Gasteiger partial charge in [0.05, 0.1) is 11.4 Å². The van der Waals surface area contributed by atoms with Crippen molar-refractivity contribution in [2.75, 3.05) is 26.7 Å². The number of carbonyl (C=O) groups excluding carboxylic acids is 1. The number of likely N-dealkylation sites (N-methyl/N-ethyl adjacent to an activating group) is 1. The minimum absolute atomic E-state index is 0.0479. The summed E-state index contributed by atoms with van der Waals surface area (Å²) in [5, 5.41) is 0.457. The second kappa shape index (κ2) is 9.37. The van der Waals surface area contributed by atoms with E-state index in [2.05, 4.69) is 13.8 Å². The Morgan fingerprint density at radius 1 is 1.10 bits per heavy atom. The van der Waals surface area contributed by atoms with E-state index in [4.69, 9.17) is 16.3 Å². The van der Waals surface area contributed by atoms with E-state index in [9.17, 15) is 13.2 Å². The van der Waals surface area contributed by atoms with Gasteiger partial charge in [-0.15, -0.1) is 0 Å². The van der Waals surface area contributed by atoms with Crippen molar-refractivity contribution in [1.29, 1.82) is 0 Å². The van der Waals surface area contributed by atoms with Crippen LogP contribution in [0.15, 0.2) is 47.4 Å². The van der Waals surface area contributed by atoms with Crippen LogP contribution in [-0.4, -0.2) is 56.3 Å². The molecule has 1 aliphatic heterocycles. The number of likely N-dealkylation sites (tertiary alicyclic amines) is 1. The maximum atomic E-state index is 12.7. The summed E-state index contributed by atoms with van der Waals surface area (Å²) in [5.74, 6) is 0.635. The number of piperidine rings is 1. The third kappa shape index (κ3) is 5.33. The van der Waals surface area contributed by atoms with E-state index in [0.717, 1.165) is 10.1 Å². The van der Waals surface area contributed by atoms with Crippen molar-refractivity contribution in [3.05, 3.63) is 58.6 Å². The molecule has 1 saturated heterocycles. The first-order valence-corrected chi connectivity index (χ1v) is 11.7. The molecule has 2 aromatic carbocycles. The average molecular weight is 451 g/mol. The van der Waals surface area contributed by atoms with Crippen LogP contribution in [0.25, 0.3) is 0 Å². The summed E-state index contributed by atoms with van der Waals surface area (Å²) in [5.41, 5.74) is 2.41. The number of aryl methyl sites for hydroxylation is 2. The van der Waals surface area contributed by atoms with Gasteiger partial charge in [0.2, 0.25) is 15.9 Å². The lowest BCUT2D eigenvalue weighted by atomic mass is 10.1. The van der Waals surface area contributed by atoms with Crippen LogP contribution in [0.3, 0.4) is 0 Å². The molecule has 1 fully saturated rings. The molecule has 0 radical (unpaired) electrons. The molecule has 1 amide bonds. The highest BCUT2D eigenvalue weighted by atomic mass is 35.5. The number of sulfonamides is 1. The summed E-state index contributed by atoms with van der Waals surface area (Å²) >= 11 is 5.83. The predicted molar refractivity (Wildman–Crippen MR) is 117 cm³/mol. The number of benzene rings is 2. The Morgan fingerprint density at radius 2 is 1.73 bits per heavy atom. The molecule has 2 aromatic rings. The Labute approximate surface area is 183 Å². The molecule has 0 N–H and O–H groups in total. The number of hydrogen-bond donors (Lipinski definition) is 0. The van der Waals surface area contributed by atoms with E-state index in [1.54, 1.807) is 4.90 Å². The Balaban J connectivity index is 1.53. The fraction of sp³-hybridized carbons (Fsp3) is 0.409. The number of carbonyl (C=O) groups is 1. The fourth-order valence-corrected chi connectivity index (χ4v) is 4.61. The van der Waals surface area contributed by atoms with Crippen LogP contribution in [0.5, 0.6) is 5.75 Å². The van der Waals surface area contributed by atoms with Gasteiger partial charge in [-0.2, -0.15) is 4.31 Å². The molecule has 0 bridgehead atoms. The largest absolute Gasteiger partial charge is 0.490 e. The molecule has 30 heavy (non-hydrogen) atoms. The highest BCUT2D eigenvalue weighted by Gasteiger charge is 2.28. The number of amides is 1. The summed E-state index contributed by atoms with van der Waals surface area (Å²) in [7, 11) is -2.33. The molecule has 162 valence electrons. The zero-order valence-electron chi connectivity index (χ0n) is 17.5. The maximum absolute atomic E-state index is 12.7. The summed E-state index contributed by atoms with van der Waals surface area (Å²) in [6.45, 7) is 5.01. The highest BCUT2D eigenvalue weighted by Crippen LogP contribution is 2.22. The van der Waals surface area contributed by atoms with E-state index < -0.39 is 10.0 Å². The Hall–Kier alpha value is -2.09. The number of rotatable bonds is 6. The SMILES string of the molecule is Cc1ccc(OC2CCN(C(=O)CN(C)S(=O)(=O)c3ccc(Cl)cc3)CC2)cc1C. The van der Waals surface area contributed by atoms with Crippen molar-refractivity contribution >= 4 is 27.5 Å². The van der Waals surface area contributed by atoms with Gasteiger partial charge < -0.3 is 9.64 Å². The second-order valence-electron chi connectivity index (χ2n) is 7.66. The minimum atomic E-state index is -3.75. The van der Waals surface area contributed by atoms with Gasteiger partial charge in [0, 0.05) is 38.0 Å². The van der Waals surface area contributed by atoms with Gasteiger partial charge in [0.1, 0.15) is 11.9 Å². The van der Waals surface area contributed by atoms with Crippen molar-refractivity contribution < 1.29 is 17.9 Å². The van der Waals surface area contributed by atoms with Crippen LogP contribution in [0, 0.1) is 13.8 Å². The topological polar surface area (TPSA) is 66.9 Å². The molecule has 1 aliphatic rings. The van der Waals surface area contributed by atoms with Gasteiger partial charge in [-0.1, -0.05) is 17.7 Å². The third-order valence-corrected chi connectivity index (χ3v) is 7.53. The zero-order valence-corrected chi connectivity index (χ0v) is 19.0. The van der Waals surface area contributed by atoms with Crippen LogP contribution >= 0.6 is 11.6 Å². The molecule has 0 unspecified atom stereocenters. The number of ether oxygens (including phenoxy) is 1. The molecule has 1 heterocycles. The van der Waals surface area contributed by atoms with Crippen LogP contribution in [0.1, 0.15) is 24.0 Å². The molecule has 0 atom stereocenters. The lowest BCUT2D eigenvalue weighted by Crippen LogP contribution is -2.46. The third-order valence-electron chi connectivity index (χ3n) is 5.46. The number of halogens is 1. The van der Waals surface area contributed by atoms with Crippen LogP contribution in [-0.2, 0) is 14.8 Å². The predicted octanol–water partition coefficient (Wildman–Crippen LogP) is 3.65. The van der Waals surface area contributed by atoms with Crippen molar-refractivity contribution in [2.45, 2.75) is 37.7 Å². The standard InChI is InChI=1S/C22H27ClN2O4S/c1-16-4-7-20(14-17(16)2)29-19-10-12-25(13-11-19)22(26)15-24(3)30(27,28)21-8-5-18(23)6-9-21/h4-9,14,19H,10-13,15H2,1-3H3. The lowest BCUT2D eigenvalue weighted by Gasteiger charge is -2.33. The molecule has 8 heteroatoms. The highest BCUT2D eigenvalue weighted by molar-refractivity contribution is 7.89. The molecule has 3 rings (SSSR count). The van der Waals surface area contributed by atoms with Crippen molar-refractivity contribution in [2.24, 2.45) is 0 Å². The summed E-state index contributed by atoms with van der Waals surface area (Å²) in [6.07, 6.45) is 1.48. The monoisotopic (exact) mass is 450 g/mol. The second-order valence-corrected chi connectivity index (χ2v) is 10.1. The molecule has 0 spiro atoms. The summed E-state index contributed by atoms with van der Waals surface area (Å²) in [4.78, 5) is 14.5. The van der Waals surface area contributed by atoms with Gasteiger partial charge in [-0.05, 0) is 61.4 Å². The van der Waals surface area contributed by atoms with E-state index in [1.807, 2.05) is 18.2 Å². The first-order valence-electron chi connectivity index (χ1n) is 9.90. The van der Waals surface area contributed by atoms with Gasteiger partial charge in [-0.25, -0.2) is 8.42 Å². The van der Waals surface area contributed by atoms with Crippen molar-refractivity contribution in [3.63, 3.8) is 0 Å². The average Bonchev–Trinajstić information content (AvgIpc) is 2.71. The van der Waals surface area contributed by atoms with Crippen molar-refractivity contribution in [3.8, 4) is 5.75 Å². The Morgan fingerprint density at radius 3 is 2.33 bits per heavy atom. The van der Waals surface area contributed by atoms with E-state index in [0.29, 0.717) is 31.0 Å². The van der Waals surface area contributed by atoms with Gasteiger partial charge in [0.15, 0.2) is 0 Å². The number of hydrogen-bond acceptors (Lipinski definition) is 4. The van der Waals surface area contributed by atoms with Gasteiger partial charge in [0.25, 0.3) is 0 Å². The maximum Gasteiger partial charge on any atom is 0.243 e. The van der Waals surface area contributed by atoms with E-state index in [1.165, 1.54) is 42.4 Å². The molecule has 0 aliphatic carbocycles. The smallest absolute Gasteiger partial charge is 0.243 e. The first kappa shape index (κ1) is 22.6. The van der Waals surface area contributed by atoms with Crippen molar-refractivity contribution in [1.82, 2.24) is 9.21 Å². The fourth-order valence-electron chi connectivity index (χ4n) is 3.36. The quantitative estimate of drug-likeness (QED) is 0.673. The number of nitrogens with zero attached hydrogens (tertiary/aromatic N) is 2. The Bertz CT molecular complexity index is 1000. The van der Waals surface area contributed by atoms with E-state index >= 15 is 0 Å². The molecular formula is C22H27ClN2O4S. The molecular weight excluding hydrogens is 424 g/mol. The van der Waals surface area contributed by atoms with E-state index in [-0.39, 0.29) is 23.5 Å². The lowest BCUT2D eigenvalue weighted by molar-refractivity contribution is -0.133. The van der Waals surface area contributed by atoms with Crippen LogP contribution in [0.4, 0.5) is 0 Å². The zero-order chi connectivity index (χ0) is 21.9. The normalized spacial score (nSPS) is 15.4. The van der Waals surface area contributed by atoms with Crippen LogP contribution in [0.2, 0.25) is 5.02 Å². The molecule has 0 saturated carbocycles. The first-order chi connectivity index (χ1) is 14.2. The van der Waals surface area contributed by atoms with Gasteiger partial charge >= 0.3 is 0 Å². The van der Waals surface area contributed by atoms with Gasteiger partial charge in [-0.3, -0.25) is 4.79 Å². The summed E-state index contributed by atoms with van der Waals surface area (Å²) < 4.78 is 32.5. The van der Waals surface area contributed by atoms with Crippen LogP contribution < -0.4 is 4.74 Å². The summed E-state index contributed by atoms with van der Waals surface area (Å²) in [6, 6.07) is 12.0. The molecule has 6 nitrogen and oxygen atoms in total.